The molecule has 2 heterocycles. The average molecular weight is 446 g/mol. The zero-order valence-corrected chi connectivity index (χ0v) is 20.5. The Morgan fingerprint density at radius 3 is 2.34 bits per heavy atom. The maximum absolute atomic E-state index is 10.4. The Kier molecular flexibility index (Phi) is 11.3. The van der Waals surface area contributed by atoms with Gasteiger partial charge in [-0.2, -0.15) is 0 Å². The van der Waals surface area contributed by atoms with Crippen molar-refractivity contribution >= 4 is 34.0 Å². The molecule has 8 nitrogen and oxygen atoms in total. The van der Waals surface area contributed by atoms with E-state index in [0.717, 1.165) is 39.5 Å². The van der Waals surface area contributed by atoms with Gasteiger partial charge in [0.1, 0.15) is 24.2 Å². The summed E-state index contributed by atoms with van der Waals surface area (Å²) >= 11 is 0. The first-order chi connectivity index (χ1) is 15.1. The number of carbonyl (C=O) groups excluding carboxylic acids is 1. The normalized spacial score (nSPS) is 11.1. The number of aliphatic hydroxyl groups is 1. The van der Waals surface area contributed by atoms with E-state index in [0.29, 0.717) is 26.0 Å². The largest absolute Gasteiger partial charge is 0.389 e. The van der Waals surface area contributed by atoms with Gasteiger partial charge in [0.15, 0.2) is 5.82 Å². The van der Waals surface area contributed by atoms with Crippen molar-refractivity contribution in [2.75, 3.05) is 25.5 Å². The van der Waals surface area contributed by atoms with Crippen LogP contribution in [-0.2, 0) is 22.7 Å². The molecule has 0 spiro atoms. The Labute approximate surface area is 191 Å². The Morgan fingerprint density at radius 1 is 1.25 bits per heavy atom. The number of nitrogens with one attached hydrogen (secondary N) is 1. The molecule has 3 aromatic rings. The van der Waals surface area contributed by atoms with E-state index >= 15 is 0 Å². The van der Waals surface area contributed by atoms with Crippen LogP contribution in [0.2, 0.25) is 0 Å². The fourth-order valence-electron chi connectivity index (χ4n) is 2.92. The third kappa shape index (κ3) is 8.18. The van der Waals surface area contributed by atoms with Crippen LogP contribution in [0.25, 0.3) is 21.9 Å². The summed E-state index contributed by atoms with van der Waals surface area (Å²) in [5.74, 6) is 2.36. The minimum Gasteiger partial charge on any atom is -0.389 e. The van der Waals surface area contributed by atoms with E-state index in [4.69, 9.17) is 14.5 Å². The molecular formula is C24H39N5O3. The van der Waals surface area contributed by atoms with Gasteiger partial charge < -0.3 is 30.3 Å². The Morgan fingerprint density at radius 2 is 1.84 bits per heavy atom. The smallest absolute Gasteiger partial charge is 0.154 e. The quantitative estimate of drug-likeness (QED) is 0.475. The topological polar surface area (TPSA) is 115 Å². The van der Waals surface area contributed by atoms with Gasteiger partial charge in [-0.1, -0.05) is 39.0 Å². The van der Waals surface area contributed by atoms with Crippen molar-refractivity contribution in [3.63, 3.8) is 0 Å². The second-order valence-corrected chi connectivity index (χ2v) is 8.62. The van der Waals surface area contributed by atoms with E-state index in [9.17, 15) is 5.11 Å². The van der Waals surface area contributed by atoms with Gasteiger partial charge in [-0.3, -0.25) is 0 Å². The first-order valence-electron chi connectivity index (χ1n) is 11.0. The molecule has 0 bridgehead atoms. The molecule has 0 radical (unpaired) electrons. The van der Waals surface area contributed by atoms with Crippen molar-refractivity contribution in [2.45, 2.75) is 60.3 Å². The molecule has 178 valence electrons. The highest BCUT2D eigenvalue weighted by molar-refractivity contribution is 6.07. The lowest BCUT2D eigenvalue weighted by Crippen LogP contribution is -2.27. The molecule has 0 aliphatic heterocycles. The predicted octanol–water partition coefficient (Wildman–Crippen LogP) is 3.74. The summed E-state index contributed by atoms with van der Waals surface area (Å²) in [6.45, 7) is 13.6. The van der Waals surface area contributed by atoms with Gasteiger partial charge in [0.2, 0.25) is 0 Å². The molecule has 0 aliphatic rings. The maximum atomic E-state index is 10.4. The fraction of sp³-hybridized carbons (Fsp3) is 0.542. The Balaban J connectivity index is 0.000000554. The molecule has 1 aromatic carbocycles. The number of rotatable bonds is 7. The summed E-state index contributed by atoms with van der Waals surface area (Å²) in [6.07, 6.45) is 0.653. The van der Waals surface area contributed by atoms with Gasteiger partial charge >= 0.3 is 0 Å². The molecule has 0 amide bonds. The van der Waals surface area contributed by atoms with Crippen LogP contribution in [0.15, 0.2) is 24.3 Å². The number of nitrogens with two attached hydrogens (primary N) is 1. The van der Waals surface area contributed by atoms with Crippen molar-refractivity contribution in [3.05, 3.63) is 30.1 Å². The van der Waals surface area contributed by atoms with Gasteiger partial charge in [0, 0.05) is 25.6 Å². The highest BCUT2D eigenvalue weighted by Crippen LogP contribution is 2.31. The van der Waals surface area contributed by atoms with Crippen molar-refractivity contribution in [2.24, 2.45) is 11.7 Å². The van der Waals surface area contributed by atoms with Gasteiger partial charge in [-0.15, -0.1) is 0 Å². The van der Waals surface area contributed by atoms with E-state index in [1.807, 2.05) is 38.2 Å². The number of hydrogen-bond donors (Lipinski definition) is 3. The second-order valence-electron chi connectivity index (χ2n) is 8.62. The van der Waals surface area contributed by atoms with Gasteiger partial charge in [-0.05, 0) is 32.8 Å². The second kappa shape index (κ2) is 13.1. The number of hydrogen-bond acceptors (Lipinski definition) is 7. The van der Waals surface area contributed by atoms with Crippen LogP contribution in [0.5, 0.6) is 0 Å². The lowest BCUT2D eigenvalue weighted by molar-refractivity contribution is -0.106. The molecule has 0 unspecified atom stereocenters. The standard InChI is InChI=1S/C18H24N4O2.C4H10.C2H5NO/c1-5-24-10-14-21-15-16(22(14)11-18(2,3)23)12-8-6-7-9-13(12)20-17(15)19-4;1-4(2)3;3-1-2-4/h6-9,23H,5,10-11H2,1-4H3,(H,19,20);4H,1-3H3;2H,1,3H2. The first kappa shape index (κ1) is 27.5. The van der Waals surface area contributed by atoms with Crippen LogP contribution in [0.1, 0.15) is 47.4 Å². The Hall–Kier alpha value is -2.55. The van der Waals surface area contributed by atoms with Crippen LogP contribution in [-0.4, -0.2) is 51.7 Å². The molecule has 0 aliphatic carbocycles. The van der Waals surface area contributed by atoms with E-state index in [1.54, 1.807) is 13.8 Å². The molecule has 0 atom stereocenters. The first-order valence-corrected chi connectivity index (χ1v) is 11.0. The predicted molar refractivity (Wildman–Crippen MR) is 132 cm³/mol. The van der Waals surface area contributed by atoms with Crippen molar-refractivity contribution in [3.8, 4) is 0 Å². The summed E-state index contributed by atoms with van der Waals surface area (Å²) in [6, 6.07) is 7.99. The molecule has 0 saturated carbocycles. The molecule has 8 heteroatoms. The average Bonchev–Trinajstić information content (AvgIpc) is 3.08. The molecule has 3 rings (SSSR count). The van der Waals surface area contributed by atoms with Gasteiger partial charge in [0.05, 0.1) is 23.2 Å². The highest BCUT2D eigenvalue weighted by atomic mass is 16.5. The monoisotopic (exact) mass is 445 g/mol. The lowest BCUT2D eigenvalue weighted by atomic mass is 10.1. The summed E-state index contributed by atoms with van der Waals surface area (Å²) in [5, 5.41) is 14.5. The fourth-order valence-corrected chi connectivity index (χ4v) is 2.92. The maximum Gasteiger partial charge on any atom is 0.154 e. The van der Waals surface area contributed by atoms with E-state index in [2.05, 4.69) is 41.4 Å². The van der Waals surface area contributed by atoms with E-state index in [-0.39, 0.29) is 6.54 Å². The van der Waals surface area contributed by atoms with Crippen molar-refractivity contribution in [1.82, 2.24) is 14.5 Å². The number of aldehydes is 1. The molecule has 4 N–H and O–H groups in total. The molecule has 32 heavy (non-hydrogen) atoms. The Bertz CT molecular complexity index is 974. The summed E-state index contributed by atoms with van der Waals surface area (Å²) in [7, 11) is 1.84. The molecular weight excluding hydrogens is 406 g/mol. The zero-order chi connectivity index (χ0) is 24.3. The lowest BCUT2D eigenvalue weighted by Gasteiger charge is -2.20. The number of benzene rings is 1. The van der Waals surface area contributed by atoms with E-state index < -0.39 is 5.60 Å². The van der Waals surface area contributed by atoms with Crippen molar-refractivity contribution in [1.29, 1.82) is 0 Å². The molecule has 2 aromatic heterocycles. The minimum atomic E-state index is -0.862. The van der Waals surface area contributed by atoms with Crippen molar-refractivity contribution < 1.29 is 14.6 Å². The van der Waals surface area contributed by atoms with Crippen LogP contribution >= 0.6 is 0 Å². The highest BCUT2D eigenvalue weighted by Gasteiger charge is 2.22. The number of aromatic nitrogens is 3. The SMILES string of the molecule is CC(C)C.CCOCc1nc2c(NC)nc3ccccc3c2n1CC(C)(C)O.NCC=O. The van der Waals surface area contributed by atoms with E-state index in [1.165, 1.54) is 0 Å². The van der Waals surface area contributed by atoms with Gasteiger partial charge in [0.25, 0.3) is 0 Å². The number of imidazole rings is 1. The number of pyridine rings is 1. The number of para-hydroxylation sites is 1. The zero-order valence-electron chi connectivity index (χ0n) is 20.5. The summed E-state index contributed by atoms with van der Waals surface area (Å²) < 4.78 is 7.64. The van der Waals surface area contributed by atoms with Crippen LogP contribution in [0, 0.1) is 5.92 Å². The third-order valence-corrected chi connectivity index (χ3v) is 3.98. The number of fused-ring (bicyclic) bond motifs is 3. The van der Waals surface area contributed by atoms with Gasteiger partial charge in [-0.25, -0.2) is 9.97 Å². The molecule has 0 fully saturated rings. The van der Waals surface area contributed by atoms with Crippen LogP contribution in [0.4, 0.5) is 5.82 Å². The molecule has 0 saturated heterocycles. The van der Waals surface area contributed by atoms with Crippen LogP contribution in [0.3, 0.4) is 0 Å². The summed E-state index contributed by atoms with van der Waals surface area (Å²) in [4.78, 5) is 18.5. The number of nitrogens with zero attached hydrogens (tertiary/aromatic N) is 3. The summed E-state index contributed by atoms with van der Waals surface area (Å²) in [5.41, 5.74) is 6.47. The number of anilines is 1. The minimum absolute atomic E-state index is 0.139. The third-order valence-electron chi connectivity index (χ3n) is 3.98. The van der Waals surface area contributed by atoms with Crippen LogP contribution < -0.4 is 11.1 Å². The number of ether oxygens (including phenoxy) is 1. The number of carbonyl (C=O) groups is 1.